The Morgan fingerprint density at radius 3 is 2.44 bits per heavy atom. The number of fused-ring (bicyclic) bond motifs is 1. The summed E-state index contributed by atoms with van der Waals surface area (Å²) in [4.78, 5) is 1.89. The molecule has 0 amide bonds. The van der Waals surface area contributed by atoms with E-state index in [1.54, 1.807) is 0 Å². The molecule has 3 aliphatic rings. The number of sulfone groups is 2. The van der Waals surface area contributed by atoms with E-state index in [2.05, 4.69) is 0 Å². The van der Waals surface area contributed by atoms with Crippen LogP contribution < -0.4 is 0 Å². The molecule has 0 aliphatic carbocycles. The van der Waals surface area contributed by atoms with Crippen LogP contribution in [0.3, 0.4) is 0 Å². The first kappa shape index (κ1) is 13.1. The lowest BCUT2D eigenvalue weighted by atomic mass is 10.1. The van der Waals surface area contributed by atoms with Crippen molar-refractivity contribution in [1.82, 2.24) is 4.90 Å². The van der Waals surface area contributed by atoms with Crippen LogP contribution in [0, 0.1) is 0 Å². The number of rotatable bonds is 1. The van der Waals surface area contributed by atoms with Crippen LogP contribution in [0.4, 0.5) is 0 Å². The molecule has 0 spiro atoms. The van der Waals surface area contributed by atoms with Gasteiger partial charge in [0.1, 0.15) is 4.32 Å². The minimum absolute atomic E-state index is 0.00851. The lowest BCUT2D eigenvalue weighted by Gasteiger charge is -2.29. The molecule has 5 nitrogen and oxygen atoms in total. The van der Waals surface area contributed by atoms with Gasteiger partial charge in [0.05, 0.1) is 29.1 Å². The van der Waals surface area contributed by atoms with Crippen LogP contribution in [0.25, 0.3) is 0 Å². The molecule has 0 aromatic heterocycles. The minimum atomic E-state index is -2.99. The first-order chi connectivity index (χ1) is 8.27. The van der Waals surface area contributed by atoms with Gasteiger partial charge in [-0.25, -0.2) is 16.8 Å². The van der Waals surface area contributed by atoms with Crippen molar-refractivity contribution in [3.8, 4) is 0 Å². The molecule has 18 heavy (non-hydrogen) atoms. The number of hydrogen-bond donors (Lipinski definition) is 0. The van der Waals surface area contributed by atoms with Crippen molar-refractivity contribution in [2.24, 2.45) is 0 Å². The van der Waals surface area contributed by atoms with Gasteiger partial charge in [0, 0.05) is 11.3 Å². The fraction of sp³-hybridized carbons (Fsp3) is 0.889. The molecule has 3 fully saturated rings. The zero-order valence-corrected chi connectivity index (χ0v) is 12.7. The fourth-order valence-electron chi connectivity index (χ4n) is 2.91. The Hall–Kier alpha value is 0.140. The second-order valence-corrected chi connectivity index (χ2v) is 11.3. The summed E-state index contributed by atoms with van der Waals surface area (Å²) < 4.78 is 47.0. The van der Waals surface area contributed by atoms with Crippen molar-refractivity contribution < 1.29 is 16.8 Å². The number of nitrogens with zero attached hydrogens (tertiary/aromatic N) is 1. The van der Waals surface area contributed by atoms with Crippen LogP contribution in [-0.4, -0.2) is 66.4 Å². The van der Waals surface area contributed by atoms with Crippen molar-refractivity contribution in [2.45, 2.75) is 23.8 Å². The lowest BCUT2D eigenvalue weighted by molar-refractivity contribution is 0.292. The van der Waals surface area contributed by atoms with Gasteiger partial charge < -0.3 is 4.90 Å². The number of hydrogen-bond acceptors (Lipinski definition) is 6. The Labute approximate surface area is 116 Å². The normalized spacial score (nSPS) is 41.2. The summed E-state index contributed by atoms with van der Waals surface area (Å²) in [6.07, 6.45) is 0.562. The molecular formula is C9H13NO4S4. The van der Waals surface area contributed by atoms with E-state index in [0.29, 0.717) is 10.7 Å². The molecule has 0 aromatic carbocycles. The van der Waals surface area contributed by atoms with Gasteiger partial charge in [0.15, 0.2) is 19.7 Å². The van der Waals surface area contributed by atoms with Gasteiger partial charge in [-0.2, -0.15) is 0 Å². The zero-order valence-electron chi connectivity index (χ0n) is 9.48. The first-order valence-corrected chi connectivity index (χ1v) is 10.6. The number of thioether (sulfide) groups is 1. The summed E-state index contributed by atoms with van der Waals surface area (Å²) in [6, 6.07) is -0.246. The summed E-state index contributed by atoms with van der Waals surface area (Å²) in [7, 11) is -5.97. The van der Waals surface area contributed by atoms with Gasteiger partial charge in [0.25, 0.3) is 0 Å². The third kappa shape index (κ3) is 2.19. The molecule has 0 radical (unpaired) electrons. The maximum atomic E-state index is 11.6. The van der Waals surface area contributed by atoms with Crippen LogP contribution in [0.2, 0.25) is 0 Å². The molecule has 3 saturated heterocycles. The summed E-state index contributed by atoms with van der Waals surface area (Å²) in [6.45, 7) is 0. The van der Waals surface area contributed by atoms with E-state index in [0.717, 1.165) is 0 Å². The highest BCUT2D eigenvalue weighted by molar-refractivity contribution is 8.24. The minimum Gasteiger partial charge on any atom is -0.348 e. The second-order valence-electron chi connectivity index (χ2n) is 5.03. The number of thiocarbonyl (C=S) groups is 1. The predicted molar refractivity (Wildman–Crippen MR) is 75.3 cm³/mol. The van der Waals surface area contributed by atoms with Crippen LogP contribution in [0.1, 0.15) is 6.42 Å². The molecule has 0 unspecified atom stereocenters. The molecule has 0 aromatic rings. The Morgan fingerprint density at radius 2 is 1.83 bits per heavy atom. The Kier molecular flexibility index (Phi) is 2.97. The summed E-state index contributed by atoms with van der Waals surface area (Å²) in [5.74, 6) is 0.572. The predicted octanol–water partition coefficient (Wildman–Crippen LogP) is -0.327. The van der Waals surface area contributed by atoms with Gasteiger partial charge >= 0.3 is 0 Å². The van der Waals surface area contributed by atoms with Crippen LogP contribution in [-0.2, 0) is 19.7 Å². The maximum absolute atomic E-state index is 11.6. The highest BCUT2D eigenvalue weighted by atomic mass is 32.2. The van der Waals surface area contributed by atoms with Gasteiger partial charge in [-0.1, -0.05) is 24.0 Å². The molecule has 0 saturated carbocycles. The Morgan fingerprint density at radius 1 is 1.11 bits per heavy atom. The van der Waals surface area contributed by atoms with Gasteiger partial charge in [-0.05, 0) is 6.42 Å². The van der Waals surface area contributed by atoms with Crippen molar-refractivity contribution in [3.05, 3.63) is 0 Å². The van der Waals surface area contributed by atoms with Gasteiger partial charge in [0.2, 0.25) is 0 Å². The van der Waals surface area contributed by atoms with E-state index < -0.39 is 19.7 Å². The molecule has 0 N–H and O–H groups in total. The molecule has 102 valence electrons. The molecular weight excluding hydrogens is 314 g/mol. The molecule has 3 heterocycles. The molecule has 0 bridgehead atoms. The Balaban J connectivity index is 1.86. The van der Waals surface area contributed by atoms with Crippen LogP contribution >= 0.6 is 24.0 Å². The zero-order chi connectivity index (χ0) is 13.1. The monoisotopic (exact) mass is 327 g/mol. The SMILES string of the molecule is O=S1(=O)CC[C@@H](N2C(=S)S[C@@H]3CS(=O)(=O)C[C@H]32)C1. The summed E-state index contributed by atoms with van der Waals surface area (Å²) >= 11 is 6.70. The third-order valence-electron chi connectivity index (χ3n) is 3.69. The Bertz CT molecular complexity index is 596. The largest absolute Gasteiger partial charge is 0.348 e. The molecule has 9 heteroatoms. The van der Waals surface area contributed by atoms with E-state index in [1.807, 2.05) is 4.90 Å². The highest BCUT2D eigenvalue weighted by Gasteiger charge is 2.51. The van der Waals surface area contributed by atoms with E-state index in [-0.39, 0.29) is 40.3 Å². The molecule has 3 atom stereocenters. The third-order valence-corrected chi connectivity index (χ3v) is 9.07. The summed E-state index contributed by atoms with van der Waals surface area (Å²) in [5.41, 5.74) is 0. The van der Waals surface area contributed by atoms with E-state index in [9.17, 15) is 16.8 Å². The summed E-state index contributed by atoms with van der Waals surface area (Å²) in [5, 5.41) is -0.00851. The molecule has 3 aliphatic heterocycles. The topological polar surface area (TPSA) is 71.5 Å². The van der Waals surface area contributed by atoms with Crippen molar-refractivity contribution in [2.75, 3.05) is 23.0 Å². The average molecular weight is 327 g/mol. The van der Waals surface area contributed by atoms with Crippen LogP contribution in [0.15, 0.2) is 0 Å². The highest BCUT2D eigenvalue weighted by Crippen LogP contribution is 2.40. The van der Waals surface area contributed by atoms with E-state index in [4.69, 9.17) is 12.2 Å². The van der Waals surface area contributed by atoms with E-state index >= 15 is 0 Å². The molecule has 3 rings (SSSR count). The van der Waals surface area contributed by atoms with Crippen LogP contribution in [0.5, 0.6) is 0 Å². The van der Waals surface area contributed by atoms with Crippen molar-refractivity contribution in [1.29, 1.82) is 0 Å². The van der Waals surface area contributed by atoms with Gasteiger partial charge in [-0.15, -0.1) is 0 Å². The van der Waals surface area contributed by atoms with Gasteiger partial charge in [-0.3, -0.25) is 0 Å². The fourth-order valence-corrected chi connectivity index (χ4v) is 9.11. The van der Waals surface area contributed by atoms with E-state index in [1.165, 1.54) is 11.8 Å². The smallest absolute Gasteiger partial charge is 0.153 e. The van der Waals surface area contributed by atoms with Crippen molar-refractivity contribution in [3.63, 3.8) is 0 Å². The average Bonchev–Trinajstić information content (AvgIpc) is 2.75. The second kappa shape index (κ2) is 4.07. The maximum Gasteiger partial charge on any atom is 0.153 e. The first-order valence-electron chi connectivity index (χ1n) is 5.67. The lowest BCUT2D eigenvalue weighted by Crippen LogP contribution is -2.44. The standard InChI is InChI=1S/C9H13NO4S4/c11-17(12)2-1-6(3-17)10-7-4-18(13,14)5-8(7)16-9(10)15/h6-8H,1-5H2/t6-,7-,8-/m1/s1. The van der Waals surface area contributed by atoms with Crippen molar-refractivity contribution >= 4 is 48.0 Å². The quantitative estimate of drug-likeness (QED) is 0.611.